The van der Waals surface area contributed by atoms with Crippen molar-refractivity contribution in [2.75, 3.05) is 17.4 Å². The van der Waals surface area contributed by atoms with E-state index in [1.54, 1.807) is 25.1 Å². The maximum atomic E-state index is 14.0. The molecule has 0 saturated carbocycles. The minimum Gasteiger partial charge on any atom is -0.354 e. The van der Waals surface area contributed by atoms with Crippen molar-refractivity contribution in [1.82, 2.24) is 10.2 Å². The molecule has 0 aliphatic carbocycles. The fourth-order valence-corrected chi connectivity index (χ4v) is 5.50. The van der Waals surface area contributed by atoms with Crippen LogP contribution in [0.4, 0.5) is 10.1 Å². The molecule has 0 spiro atoms. The van der Waals surface area contributed by atoms with Gasteiger partial charge in [0.2, 0.25) is 11.8 Å². The number of benzene rings is 3. The van der Waals surface area contributed by atoms with Crippen molar-refractivity contribution in [2.24, 2.45) is 5.92 Å². The highest BCUT2D eigenvalue weighted by atomic mass is 35.5. The average molecular weight is 574 g/mol. The average Bonchev–Trinajstić information content (AvgIpc) is 2.91. The first-order valence-corrected chi connectivity index (χ1v) is 14.4. The Balaban J connectivity index is 2.03. The van der Waals surface area contributed by atoms with Gasteiger partial charge in [-0.15, -0.1) is 0 Å². The summed E-state index contributed by atoms with van der Waals surface area (Å²) in [5.41, 5.74) is 1.76. The Labute approximate surface area is 234 Å². The van der Waals surface area contributed by atoms with Crippen molar-refractivity contribution >= 4 is 39.1 Å². The molecule has 0 aliphatic heterocycles. The zero-order valence-electron chi connectivity index (χ0n) is 22.4. The lowest BCUT2D eigenvalue weighted by Crippen LogP contribution is -2.51. The Hall–Kier alpha value is -3.43. The third kappa shape index (κ3) is 7.58. The zero-order valence-corrected chi connectivity index (χ0v) is 24.0. The standard InChI is InChI=1S/C29H33ClFN3O4S/c1-20(2)17-32-29(36)22(4)33(18-23-11-9-8-10-21(23)3)28(35)19-34(24-14-15-27(31)26(30)16-24)39(37,38)25-12-6-5-7-13-25/h5-16,20,22H,17-19H2,1-4H3,(H,32,36). The number of hydrogen-bond donors (Lipinski definition) is 1. The summed E-state index contributed by atoms with van der Waals surface area (Å²) in [6.45, 7) is 7.31. The van der Waals surface area contributed by atoms with Crippen LogP contribution in [-0.4, -0.2) is 44.3 Å². The summed E-state index contributed by atoms with van der Waals surface area (Å²) in [6.07, 6.45) is 0. The van der Waals surface area contributed by atoms with Crippen LogP contribution in [0.5, 0.6) is 0 Å². The number of rotatable bonds is 11. The van der Waals surface area contributed by atoms with Gasteiger partial charge in [0.25, 0.3) is 10.0 Å². The van der Waals surface area contributed by atoms with Gasteiger partial charge in [0.1, 0.15) is 18.4 Å². The van der Waals surface area contributed by atoms with Crippen LogP contribution in [0, 0.1) is 18.7 Å². The number of nitrogens with one attached hydrogen (secondary N) is 1. The van der Waals surface area contributed by atoms with Crippen LogP contribution < -0.4 is 9.62 Å². The molecule has 10 heteroatoms. The Morgan fingerprint density at radius 3 is 2.23 bits per heavy atom. The van der Waals surface area contributed by atoms with Crippen molar-refractivity contribution in [3.05, 3.63) is 94.8 Å². The van der Waals surface area contributed by atoms with Crippen molar-refractivity contribution < 1.29 is 22.4 Å². The van der Waals surface area contributed by atoms with Crippen LogP contribution in [0.25, 0.3) is 0 Å². The summed E-state index contributed by atoms with van der Waals surface area (Å²) in [5, 5.41) is 2.56. The molecule has 208 valence electrons. The van der Waals surface area contributed by atoms with Crippen LogP contribution in [-0.2, 0) is 26.2 Å². The smallest absolute Gasteiger partial charge is 0.264 e. The molecule has 1 atom stereocenters. The molecule has 0 radical (unpaired) electrons. The molecular formula is C29H33ClFN3O4S. The summed E-state index contributed by atoms with van der Waals surface area (Å²) >= 11 is 5.99. The second-order valence-corrected chi connectivity index (χ2v) is 12.0. The van der Waals surface area contributed by atoms with Gasteiger partial charge in [-0.2, -0.15) is 0 Å². The number of sulfonamides is 1. The Morgan fingerprint density at radius 1 is 0.974 bits per heavy atom. The summed E-state index contributed by atoms with van der Waals surface area (Å²) in [7, 11) is -4.26. The lowest BCUT2D eigenvalue weighted by atomic mass is 10.1. The van der Waals surface area contributed by atoms with Gasteiger partial charge in [-0.1, -0.05) is 67.9 Å². The highest BCUT2D eigenvalue weighted by Gasteiger charge is 2.33. The molecule has 7 nitrogen and oxygen atoms in total. The first-order chi connectivity index (χ1) is 18.4. The number of nitrogens with zero attached hydrogens (tertiary/aromatic N) is 2. The largest absolute Gasteiger partial charge is 0.354 e. The second kappa shape index (κ2) is 13.1. The Kier molecular flexibility index (Phi) is 10.1. The predicted octanol–water partition coefficient (Wildman–Crippen LogP) is 5.17. The molecule has 3 aromatic carbocycles. The maximum absolute atomic E-state index is 14.0. The molecule has 2 amide bonds. The number of amides is 2. The molecule has 0 aliphatic rings. The molecule has 3 rings (SSSR count). The van der Waals surface area contributed by atoms with E-state index in [0.717, 1.165) is 27.6 Å². The molecule has 1 N–H and O–H groups in total. The normalized spacial score (nSPS) is 12.2. The predicted molar refractivity (Wildman–Crippen MR) is 151 cm³/mol. The quantitative estimate of drug-likeness (QED) is 0.343. The van der Waals surface area contributed by atoms with E-state index in [9.17, 15) is 22.4 Å². The van der Waals surface area contributed by atoms with Crippen molar-refractivity contribution in [1.29, 1.82) is 0 Å². The van der Waals surface area contributed by atoms with Crippen LogP contribution in [0.2, 0.25) is 5.02 Å². The van der Waals surface area contributed by atoms with E-state index in [2.05, 4.69) is 5.32 Å². The van der Waals surface area contributed by atoms with Gasteiger partial charge in [0, 0.05) is 13.1 Å². The van der Waals surface area contributed by atoms with Crippen LogP contribution >= 0.6 is 11.6 Å². The highest BCUT2D eigenvalue weighted by Crippen LogP contribution is 2.28. The van der Waals surface area contributed by atoms with Crippen molar-refractivity contribution in [3.63, 3.8) is 0 Å². The first-order valence-electron chi connectivity index (χ1n) is 12.6. The minimum atomic E-state index is -4.26. The van der Waals surface area contributed by atoms with E-state index in [1.807, 2.05) is 45.0 Å². The van der Waals surface area contributed by atoms with Crippen molar-refractivity contribution in [2.45, 2.75) is 45.2 Å². The van der Waals surface area contributed by atoms with Crippen molar-refractivity contribution in [3.8, 4) is 0 Å². The number of hydrogen-bond acceptors (Lipinski definition) is 4. The maximum Gasteiger partial charge on any atom is 0.264 e. The summed E-state index contributed by atoms with van der Waals surface area (Å²) in [6, 6.07) is 17.6. The molecular weight excluding hydrogens is 541 g/mol. The van der Waals surface area contributed by atoms with E-state index in [4.69, 9.17) is 11.6 Å². The highest BCUT2D eigenvalue weighted by molar-refractivity contribution is 7.92. The van der Waals surface area contributed by atoms with Gasteiger partial charge in [-0.25, -0.2) is 12.8 Å². The van der Waals surface area contributed by atoms with Gasteiger partial charge in [0.15, 0.2) is 0 Å². The second-order valence-electron chi connectivity index (χ2n) is 9.69. The van der Waals surface area contributed by atoms with Gasteiger partial charge >= 0.3 is 0 Å². The van der Waals surface area contributed by atoms with Gasteiger partial charge in [-0.05, 0) is 61.2 Å². The molecule has 0 aromatic heterocycles. The molecule has 3 aromatic rings. The number of aryl methyl sites for hydroxylation is 1. The van der Waals surface area contributed by atoms with Crippen LogP contribution in [0.1, 0.15) is 31.9 Å². The summed E-state index contributed by atoms with van der Waals surface area (Å²) in [5.74, 6) is -1.48. The third-order valence-corrected chi connectivity index (χ3v) is 8.33. The van der Waals surface area contributed by atoms with Gasteiger partial charge in [0.05, 0.1) is 15.6 Å². The Bertz CT molecular complexity index is 1420. The molecule has 0 bridgehead atoms. The molecule has 0 saturated heterocycles. The monoisotopic (exact) mass is 573 g/mol. The fourth-order valence-electron chi connectivity index (χ4n) is 3.89. The van der Waals surface area contributed by atoms with E-state index in [1.165, 1.54) is 23.1 Å². The zero-order chi connectivity index (χ0) is 28.7. The summed E-state index contributed by atoms with van der Waals surface area (Å²) in [4.78, 5) is 28.2. The van der Waals surface area contributed by atoms with E-state index < -0.39 is 34.3 Å². The third-order valence-electron chi connectivity index (χ3n) is 6.26. The molecule has 0 fully saturated rings. The number of anilines is 1. The van der Waals surface area contributed by atoms with E-state index in [-0.39, 0.29) is 34.0 Å². The number of halogens is 2. The lowest BCUT2D eigenvalue weighted by Gasteiger charge is -2.32. The van der Waals surface area contributed by atoms with Gasteiger partial charge < -0.3 is 10.2 Å². The number of carbonyl (C=O) groups is 2. The minimum absolute atomic E-state index is 0.0198. The molecule has 0 heterocycles. The van der Waals surface area contributed by atoms with Gasteiger partial charge in [-0.3, -0.25) is 13.9 Å². The van der Waals surface area contributed by atoms with E-state index >= 15 is 0 Å². The topological polar surface area (TPSA) is 86.8 Å². The molecule has 1 unspecified atom stereocenters. The van der Waals surface area contributed by atoms with Crippen LogP contribution in [0.15, 0.2) is 77.7 Å². The van der Waals surface area contributed by atoms with Crippen LogP contribution in [0.3, 0.4) is 0 Å². The summed E-state index contributed by atoms with van der Waals surface area (Å²) < 4.78 is 42.3. The number of carbonyl (C=O) groups excluding carboxylic acids is 2. The fraction of sp³-hybridized carbons (Fsp3) is 0.310. The van der Waals surface area contributed by atoms with E-state index in [0.29, 0.717) is 6.54 Å². The lowest BCUT2D eigenvalue weighted by molar-refractivity contribution is -0.139. The first kappa shape index (κ1) is 30.1. The molecule has 39 heavy (non-hydrogen) atoms. The SMILES string of the molecule is Cc1ccccc1CN(C(=O)CN(c1ccc(F)c(Cl)c1)S(=O)(=O)c1ccccc1)C(C)C(=O)NCC(C)C. The Morgan fingerprint density at radius 2 is 1.62 bits per heavy atom.